The first-order valence-corrected chi connectivity index (χ1v) is 9.43. The molecule has 1 N–H and O–H groups in total. The minimum absolute atomic E-state index is 0.346. The predicted molar refractivity (Wildman–Crippen MR) is 110 cm³/mol. The van der Waals surface area contributed by atoms with Gasteiger partial charge >= 0.3 is 0 Å². The van der Waals surface area contributed by atoms with E-state index in [2.05, 4.69) is 35.3 Å². The normalized spacial score (nSPS) is 14.4. The van der Waals surface area contributed by atoms with E-state index in [4.69, 9.17) is 14.5 Å². The van der Waals surface area contributed by atoms with Gasteiger partial charge in [-0.15, -0.1) is 0 Å². The van der Waals surface area contributed by atoms with Crippen LogP contribution in [-0.4, -0.2) is 23.2 Å². The number of nitrogens with one attached hydrogen (secondary N) is 1. The first kappa shape index (κ1) is 16.9. The average Bonchev–Trinajstić information content (AvgIpc) is 3.45. The molecule has 4 nitrogen and oxygen atoms in total. The third-order valence-electron chi connectivity index (χ3n) is 4.91. The van der Waals surface area contributed by atoms with E-state index < -0.39 is 0 Å². The smallest absolute Gasteiger partial charge is 0.184 e. The van der Waals surface area contributed by atoms with E-state index in [1.165, 1.54) is 0 Å². The van der Waals surface area contributed by atoms with Crippen molar-refractivity contribution in [3.63, 3.8) is 0 Å². The van der Waals surface area contributed by atoms with E-state index >= 15 is 0 Å². The molecule has 0 unspecified atom stereocenters. The van der Waals surface area contributed by atoms with Crippen molar-refractivity contribution in [2.75, 3.05) is 13.2 Å². The summed E-state index contributed by atoms with van der Waals surface area (Å²) in [7, 11) is 0. The van der Waals surface area contributed by atoms with Crippen LogP contribution >= 0.6 is 0 Å². The van der Waals surface area contributed by atoms with Crippen LogP contribution in [0.5, 0.6) is 0 Å². The van der Waals surface area contributed by atoms with E-state index in [1.807, 2.05) is 54.6 Å². The molecule has 4 aromatic rings. The Morgan fingerprint density at radius 2 is 1.32 bits per heavy atom. The summed E-state index contributed by atoms with van der Waals surface area (Å²) in [6, 6.07) is 28.7. The topological polar surface area (TPSA) is 47.1 Å². The largest absolute Gasteiger partial charge is 0.346 e. The number of aromatic nitrogens is 2. The van der Waals surface area contributed by atoms with E-state index in [0.29, 0.717) is 13.2 Å². The van der Waals surface area contributed by atoms with Gasteiger partial charge in [0.2, 0.25) is 0 Å². The molecule has 0 radical (unpaired) electrons. The summed E-state index contributed by atoms with van der Waals surface area (Å²) in [6.45, 7) is 1.23. The molecule has 1 aromatic heterocycles. The van der Waals surface area contributed by atoms with E-state index in [9.17, 15) is 0 Å². The Balaban J connectivity index is 1.67. The monoisotopic (exact) mass is 368 g/mol. The van der Waals surface area contributed by atoms with Crippen LogP contribution in [0.3, 0.4) is 0 Å². The van der Waals surface area contributed by atoms with Crippen LogP contribution in [0.1, 0.15) is 11.9 Å². The second kappa shape index (κ2) is 7.43. The van der Waals surface area contributed by atoms with Gasteiger partial charge in [-0.05, 0) is 0 Å². The number of imidazole rings is 1. The molecular formula is C24H20N2O2. The minimum atomic E-state index is -0.346. The average molecular weight is 368 g/mol. The maximum atomic E-state index is 5.74. The lowest BCUT2D eigenvalue weighted by Crippen LogP contribution is -2.01. The summed E-state index contributed by atoms with van der Waals surface area (Å²) in [4.78, 5) is 8.55. The zero-order valence-corrected chi connectivity index (χ0v) is 15.3. The summed E-state index contributed by atoms with van der Waals surface area (Å²) < 4.78 is 11.5. The lowest BCUT2D eigenvalue weighted by atomic mass is 10.1. The molecule has 4 heteroatoms. The van der Waals surface area contributed by atoms with Crippen LogP contribution in [0.4, 0.5) is 0 Å². The Bertz CT molecular complexity index is 1010. The van der Waals surface area contributed by atoms with Gasteiger partial charge in [0.15, 0.2) is 6.29 Å². The summed E-state index contributed by atoms with van der Waals surface area (Å²) >= 11 is 0. The summed E-state index contributed by atoms with van der Waals surface area (Å²) in [5, 5.41) is 0. The van der Waals surface area contributed by atoms with Gasteiger partial charge in [-0.25, -0.2) is 4.98 Å². The third kappa shape index (κ3) is 3.13. The summed E-state index contributed by atoms with van der Waals surface area (Å²) in [6.07, 6.45) is -0.346. The zero-order valence-electron chi connectivity index (χ0n) is 15.3. The van der Waals surface area contributed by atoms with Crippen molar-refractivity contribution in [2.24, 2.45) is 0 Å². The summed E-state index contributed by atoms with van der Waals surface area (Å²) in [5.41, 5.74) is 6.11. The molecule has 0 aliphatic carbocycles. The zero-order chi connectivity index (χ0) is 18.8. The second-order valence-electron chi connectivity index (χ2n) is 6.70. The molecule has 1 fully saturated rings. The predicted octanol–water partition coefficient (Wildman–Crippen LogP) is 5.46. The number of H-pyrrole nitrogens is 1. The number of aromatic amines is 1. The van der Waals surface area contributed by atoms with Crippen molar-refractivity contribution in [2.45, 2.75) is 6.29 Å². The van der Waals surface area contributed by atoms with Gasteiger partial charge in [-0.3, -0.25) is 0 Å². The Morgan fingerprint density at radius 1 is 0.714 bits per heavy atom. The highest BCUT2D eigenvalue weighted by Crippen LogP contribution is 2.36. The lowest BCUT2D eigenvalue weighted by Gasteiger charge is -2.13. The molecule has 2 heterocycles. The first-order chi connectivity index (χ1) is 13.9. The van der Waals surface area contributed by atoms with Gasteiger partial charge in [-0.2, -0.15) is 0 Å². The van der Waals surface area contributed by atoms with Crippen molar-refractivity contribution >= 4 is 0 Å². The quantitative estimate of drug-likeness (QED) is 0.520. The molecular weight excluding hydrogens is 348 g/mol. The highest BCUT2D eigenvalue weighted by atomic mass is 16.7. The molecule has 138 valence electrons. The van der Waals surface area contributed by atoms with Crippen LogP contribution in [-0.2, 0) is 9.47 Å². The van der Waals surface area contributed by atoms with Crippen molar-refractivity contribution in [1.82, 2.24) is 9.97 Å². The highest BCUT2D eigenvalue weighted by molar-refractivity contribution is 5.81. The second-order valence-corrected chi connectivity index (χ2v) is 6.70. The van der Waals surface area contributed by atoms with E-state index in [1.54, 1.807) is 0 Å². The fraction of sp³-hybridized carbons (Fsp3) is 0.125. The number of nitrogens with zero attached hydrogens (tertiary/aromatic N) is 1. The molecule has 1 aliphatic heterocycles. The van der Waals surface area contributed by atoms with Crippen molar-refractivity contribution in [1.29, 1.82) is 0 Å². The molecule has 0 atom stereocenters. The third-order valence-corrected chi connectivity index (χ3v) is 4.91. The Labute approximate surface area is 163 Å². The Kier molecular flexibility index (Phi) is 4.49. The number of benzene rings is 3. The van der Waals surface area contributed by atoms with Crippen LogP contribution in [0.2, 0.25) is 0 Å². The molecule has 1 saturated heterocycles. The Morgan fingerprint density at radius 3 is 2.04 bits per heavy atom. The standard InChI is InChI=1S/C24H20N2O2/c1-3-9-17(10-4-1)21-22(18-11-5-2-6-12-18)26-23(25-21)19-13-7-8-14-20(19)24-27-15-16-28-24/h1-14,24H,15-16H2,(H,25,26). The van der Waals surface area contributed by atoms with Gasteiger partial charge in [-0.1, -0.05) is 84.9 Å². The van der Waals surface area contributed by atoms with Crippen molar-refractivity contribution in [3.05, 3.63) is 90.5 Å². The maximum Gasteiger partial charge on any atom is 0.184 e. The Hall–Kier alpha value is -3.21. The minimum Gasteiger partial charge on any atom is -0.346 e. The molecule has 1 aliphatic rings. The molecule has 0 saturated carbocycles. The number of ether oxygens (including phenoxy) is 2. The van der Waals surface area contributed by atoms with Crippen molar-refractivity contribution < 1.29 is 9.47 Å². The van der Waals surface area contributed by atoms with Crippen molar-refractivity contribution in [3.8, 4) is 33.9 Å². The van der Waals surface area contributed by atoms with E-state index in [0.717, 1.165) is 39.5 Å². The summed E-state index contributed by atoms with van der Waals surface area (Å²) in [5.74, 6) is 0.812. The number of hydrogen-bond acceptors (Lipinski definition) is 3. The van der Waals surface area contributed by atoms with Gasteiger partial charge in [0.25, 0.3) is 0 Å². The number of rotatable bonds is 4. The first-order valence-electron chi connectivity index (χ1n) is 9.43. The maximum absolute atomic E-state index is 5.74. The van der Waals surface area contributed by atoms with Crippen LogP contribution in [0.25, 0.3) is 33.9 Å². The fourth-order valence-electron chi connectivity index (χ4n) is 3.58. The molecule has 0 amide bonds. The van der Waals surface area contributed by atoms with Crippen LogP contribution < -0.4 is 0 Å². The van der Waals surface area contributed by atoms with Gasteiger partial charge in [0.05, 0.1) is 24.6 Å². The van der Waals surface area contributed by atoms with Crippen LogP contribution in [0.15, 0.2) is 84.9 Å². The molecule has 3 aromatic carbocycles. The van der Waals surface area contributed by atoms with Crippen LogP contribution in [0, 0.1) is 0 Å². The van der Waals surface area contributed by atoms with Gasteiger partial charge in [0.1, 0.15) is 5.82 Å². The molecule has 0 bridgehead atoms. The molecule has 28 heavy (non-hydrogen) atoms. The van der Waals surface area contributed by atoms with Gasteiger partial charge in [0, 0.05) is 22.3 Å². The van der Waals surface area contributed by atoms with Gasteiger partial charge < -0.3 is 14.5 Å². The SMILES string of the molecule is c1ccc(-c2nc(-c3ccccc3C3OCCO3)[nH]c2-c2ccccc2)cc1. The molecule has 5 rings (SSSR count). The number of hydrogen-bond donors (Lipinski definition) is 1. The van der Waals surface area contributed by atoms with E-state index in [-0.39, 0.29) is 6.29 Å². The highest BCUT2D eigenvalue weighted by Gasteiger charge is 2.24. The molecule has 0 spiro atoms. The lowest BCUT2D eigenvalue weighted by molar-refractivity contribution is -0.0437. The fourth-order valence-corrected chi connectivity index (χ4v) is 3.58.